The first-order chi connectivity index (χ1) is 14.9. The van der Waals surface area contributed by atoms with Gasteiger partial charge in [-0.15, -0.1) is 0 Å². The van der Waals surface area contributed by atoms with Crippen molar-refractivity contribution in [1.82, 2.24) is 9.97 Å². The topological polar surface area (TPSA) is 25.8 Å². The molecule has 142 valence electrons. The molecule has 1 aromatic heterocycles. The molecule has 4 aromatic carbocycles. The van der Waals surface area contributed by atoms with Gasteiger partial charge in [0, 0.05) is 0 Å². The standard InChI is InChI=1S/C28H20N2/c1-3-13-27-21(7-1)9-5-11-23(27)15-17-25-19-30-26(20-29-25)18-16-24-12-6-10-22-8-2-4-14-28(22)24/h1-20H. The van der Waals surface area contributed by atoms with Gasteiger partial charge in [0.25, 0.3) is 0 Å². The highest BCUT2D eigenvalue weighted by Crippen LogP contribution is 2.21. The van der Waals surface area contributed by atoms with Crippen LogP contribution in [0.4, 0.5) is 0 Å². The van der Waals surface area contributed by atoms with Gasteiger partial charge in [-0.1, -0.05) is 97.1 Å². The fourth-order valence-electron chi connectivity index (χ4n) is 3.66. The first-order valence-corrected chi connectivity index (χ1v) is 10.0. The van der Waals surface area contributed by atoms with Crippen molar-refractivity contribution in [3.8, 4) is 0 Å². The Bertz CT molecular complexity index is 1260. The third-order valence-corrected chi connectivity index (χ3v) is 5.21. The van der Waals surface area contributed by atoms with Crippen LogP contribution in [0, 0.1) is 0 Å². The Labute approximate surface area is 175 Å². The molecule has 2 heteroatoms. The second-order valence-corrected chi connectivity index (χ2v) is 7.17. The van der Waals surface area contributed by atoms with Gasteiger partial charge in [-0.05, 0) is 44.8 Å². The van der Waals surface area contributed by atoms with Crippen molar-refractivity contribution >= 4 is 45.8 Å². The molecule has 0 radical (unpaired) electrons. The molecular weight excluding hydrogens is 364 g/mol. The van der Waals surface area contributed by atoms with Gasteiger partial charge in [-0.3, -0.25) is 9.97 Å². The van der Waals surface area contributed by atoms with Crippen LogP contribution in [0.5, 0.6) is 0 Å². The first-order valence-electron chi connectivity index (χ1n) is 10.0. The molecule has 0 saturated carbocycles. The third kappa shape index (κ3) is 3.76. The zero-order chi connectivity index (χ0) is 20.2. The average molecular weight is 384 g/mol. The van der Waals surface area contributed by atoms with Gasteiger partial charge >= 0.3 is 0 Å². The number of benzene rings is 4. The van der Waals surface area contributed by atoms with Crippen LogP contribution in [0.3, 0.4) is 0 Å². The number of rotatable bonds is 4. The van der Waals surface area contributed by atoms with E-state index in [4.69, 9.17) is 0 Å². The number of aromatic nitrogens is 2. The molecule has 5 rings (SSSR count). The lowest BCUT2D eigenvalue weighted by Gasteiger charge is -2.02. The molecular formula is C28H20N2. The van der Waals surface area contributed by atoms with E-state index >= 15 is 0 Å². The van der Waals surface area contributed by atoms with Gasteiger partial charge in [-0.2, -0.15) is 0 Å². The van der Waals surface area contributed by atoms with Crippen molar-refractivity contribution in [2.45, 2.75) is 0 Å². The molecule has 0 saturated heterocycles. The van der Waals surface area contributed by atoms with Gasteiger partial charge in [0.05, 0.1) is 23.8 Å². The summed E-state index contributed by atoms with van der Waals surface area (Å²) in [6.45, 7) is 0. The van der Waals surface area contributed by atoms with Gasteiger partial charge < -0.3 is 0 Å². The highest BCUT2D eigenvalue weighted by molar-refractivity contribution is 5.93. The number of fused-ring (bicyclic) bond motifs is 2. The van der Waals surface area contributed by atoms with E-state index in [1.165, 1.54) is 32.7 Å². The van der Waals surface area contributed by atoms with E-state index in [0.29, 0.717) is 0 Å². The predicted octanol–water partition coefficient (Wildman–Crippen LogP) is 7.12. The third-order valence-electron chi connectivity index (χ3n) is 5.21. The van der Waals surface area contributed by atoms with E-state index in [2.05, 4.69) is 107 Å². The minimum Gasteiger partial charge on any atom is -0.253 e. The number of nitrogens with zero attached hydrogens (tertiary/aromatic N) is 2. The zero-order valence-corrected chi connectivity index (χ0v) is 16.4. The molecule has 0 N–H and O–H groups in total. The molecule has 0 unspecified atom stereocenters. The molecule has 0 atom stereocenters. The molecule has 0 aliphatic heterocycles. The number of hydrogen-bond donors (Lipinski definition) is 0. The first kappa shape index (κ1) is 18.0. The van der Waals surface area contributed by atoms with Crippen LogP contribution in [0.25, 0.3) is 45.8 Å². The summed E-state index contributed by atoms with van der Waals surface area (Å²) in [5.74, 6) is 0. The maximum atomic E-state index is 4.55. The Morgan fingerprint density at radius 2 is 0.867 bits per heavy atom. The van der Waals surface area contributed by atoms with Crippen LogP contribution in [0.2, 0.25) is 0 Å². The highest BCUT2D eigenvalue weighted by atomic mass is 14.8. The van der Waals surface area contributed by atoms with Gasteiger partial charge in [0.1, 0.15) is 0 Å². The fraction of sp³-hybridized carbons (Fsp3) is 0. The summed E-state index contributed by atoms with van der Waals surface area (Å²) in [5.41, 5.74) is 4.03. The van der Waals surface area contributed by atoms with Gasteiger partial charge in [0.2, 0.25) is 0 Å². The monoisotopic (exact) mass is 384 g/mol. The highest BCUT2D eigenvalue weighted by Gasteiger charge is 1.99. The second kappa shape index (κ2) is 8.14. The molecule has 30 heavy (non-hydrogen) atoms. The van der Waals surface area contributed by atoms with E-state index in [1.54, 1.807) is 0 Å². The Morgan fingerprint density at radius 1 is 0.433 bits per heavy atom. The van der Waals surface area contributed by atoms with E-state index in [9.17, 15) is 0 Å². The van der Waals surface area contributed by atoms with Crippen molar-refractivity contribution < 1.29 is 0 Å². The minimum atomic E-state index is 0.838. The summed E-state index contributed by atoms with van der Waals surface area (Å²) in [5, 5.41) is 4.94. The Hall–Kier alpha value is -4.04. The molecule has 1 heterocycles. The van der Waals surface area contributed by atoms with Crippen molar-refractivity contribution in [3.63, 3.8) is 0 Å². The van der Waals surface area contributed by atoms with Gasteiger partial charge in [0.15, 0.2) is 0 Å². The molecule has 0 bridgehead atoms. The minimum absolute atomic E-state index is 0.838. The van der Waals surface area contributed by atoms with E-state index in [0.717, 1.165) is 11.4 Å². The van der Waals surface area contributed by atoms with Crippen LogP contribution in [-0.2, 0) is 0 Å². The molecule has 0 spiro atoms. The van der Waals surface area contributed by atoms with E-state index in [1.807, 2.05) is 24.5 Å². The molecule has 0 fully saturated rings. The summed E-state index contributed by atoms with van der Waals surface area (Å²) in [6, 6.07) is 29.4. The molecule has 0 aliphatic carbocycles. The summed E-state index contributed by atoms with van der Waals surface area (Å²) in [6.07, 6.45) is 11.8. The zero-order valence-electron chi connectivity index (χ0n) is 16.4. The van der Waals surface area contributed by atoms with Crippen molar-refractivity contribution in [1.29, 1.82) is 0 Å². The molecule has 0 amide bonds. The maximum absolute atomic E-state index is 4.55. The SMILES string of the molecule is C(=Cc1cccc2ccccc12)c1cnc(C=Cc2cccc3ccccc23)cn1. The summed E-state index contributed by atoms with van der Waals surface area (Å²) in [7, 11) is 0. The smallest absolute Gasteiger partial charge is 0.0813 e. The summed E-state index contributed by atoms with van der Waals surface area (Å²) in [4.78, 5) is 9.10. The van der Waals surface area contributed by atoms with Crippen LogP contribution < -0.4 is 0 Å². The largest absolute Gasteiger partial charge is 0.253 e. The van der Waals surface area contributed by atoms with Crippen molar-refractivity contribution in [2.75, 3.05) is 0 Å². The van der Waals surface area contributed by atoms with Crippen LogP contribution in [0.1, 0.15) is 22.5 Å². The van der Waals surface area contributed by atoms with Crippen LogP contribution in [0.15, 0.2) is 97.3 Å². The maximum Gasteiger partial charge on any atom is 0.0813 e. The van der Waals surface area contributed by atoms with E-state index < -0.39 is 0 Å². The van der Waals surface area contributed by atoms with E-state index in [-0.39, 0.29) is 0 Å². The van der Waals surface area contributed by atoms with Crippen molar-refractivity contribution in [2.24, 2.45) is 0 Å². The predicted molar refractivity (Wildman–Crippen MR) is 128 cm³/mol. The molecule has 5 aromatic rings. The quantitative estimate of drug-likeness (QED) is 0.329. The molecule has 2 nitrogen and oxygen atoms in total. The lowest BCUT2D eigenvalue weighted by molar-refractivity contribution is 1.16. The Morgan fingerprint density at radius 3 is 1.33 bits per heavy atom. The number of hydrogen-bond acceptors (Lipinski definition) is 2. The van der Waals surface area contributed by atoms with Crippen LogP contribution in [-0.4, -0.2) is 9.97 Å². The van der Waals surface area contributed by atoms with Crippen LogP contribution >= 0.6 is 0 Å². The fourth-order valence-corrected chi connectivity index (χ4v) is 3.66. The second-order valence-electron chi connectivity index (χ2n) is 7.17. The van der Waals surface area contributed by atoms with Crippen molar-refractivity contribution in [3.05, 3.63) is 120 Å². The Balaban J connectivity index is 1.36. The summed E-state index contributed by atoms with van der Waals surface area (Å²) >= 11 is 0. The van der Waals surface area contributed by atoms with Gasteiger partial charge in [-0.25, -0.2) is 0 Å². The summed E-state index contributed by atoms with van der Waals surface area (Å²) < 4.78 is 0. The average Bonchev–Trinajstić information content (AvgIpc) is 2.82. The lowest BCUT2D eigenvalue weighted by Crippen LogP contribution is -1.87. The Kier molecular flexibility index (Phi) is 4.89. The molecule has 0 aliphatic rings. The lowest BCUT2D eigenvalue weighted by atomic mass is 10.0. The normalized spacial score (nSPS) is 11.7.